The average Bonchev–Trinajstić information content (AvgIpc) is 2.40. The smallest absolute Gasteiger partial charge is 0.191 e. The second-order valence-corrected chi connectivity index (χ2v) is 3.80. The summed E-state index contributed by atoms with van der Waals surface area (Å²) in [5, 5.41) is 0.618. The molecule has 0 atom stereocenters. The Morgan fingerprint density at radius 2 is 1.76 bits per heavy atom. The highest BCUT2D eigenvalue weighted by molar-refractivity contribution is 5.77. The third kappa shape index (κ3) is 1.72. The van der Waals surface area contributed by atoms with Crippen LogP contribution in [0.5, 0.6) is 0 Å². The van der Waals surface area contributed by atoms with Crippen molar-refractivity contribution in [2.24, 2.45) is 0 Å². The number of nitrogens with one attached hydrogen (secondary N) is 1. The van der Waals surface area contributed by atoms with Crippen molar-refractivity contribution < 1.29 is 0 Å². The van der Waals surface area contributed by atoms with Gasteiger partial charge in [0.1, 0.15) is 5.65 Å². The molecule has 3 heteroatoms. The van der Waals surface area contributed by atoms with E-state index in [1.54, 1.807) is 6.20 Å². The van der Waals surface area contributed by atoms with Gasteiger partial charge in [-0.15, -0.1) is 0 Å². The van der Waals surface area contributed by atoms with Gasteiger partial charge in [0.05, 0.1) is 11.1 Å². The normalized spacial score (nSPS) is 10.6. The maximum absolute atomic E-state index is 11.6. The molecule has 82 valence electrons. The maximum Gasteiger partial charge on any atom is 0.191 e. The van der Waals surface area contributed by atoms with E-state index in [0.717, 1.165) is 11.3 Å². The number of aromatic nitrogens is 2. The molecule has 17 heavy (non-hydrogen) atoms. The zero-order chi connectivity index (χ0) is 11.7. The number of H-pyrrole nitrogens is 1. The van der Waals surface area contributed by atoms with Gasteiger partial charge in [-0.1, -0.05) is 30.3 Å². The van der Waals surface area contributed by atoms with E-state index in [0.29, 0.717) is 11.0 Å². The van der Waals surface area contributed by atoms with Gasteiger partial charge in [-0.05, 0) is 12.1 Å². The molecular formula is C14H10N2O. The van der Waals surface area contributed by atoms with Crippen molar-refractivity contribution in [1.82, 2.24) is 9.97 Å². The summed E-state index contributed by atoms with van der Waals surface area (Å²) in [5.74, 6) is 0. The summed E-state index contributed by atoms with van der Waals surface area (Å²) in [4.78, 5) is 19.0. The first kappa shape index (κ1) is 9.78. The third-order valence-corrected chi connectivity index (χ3v) is 2.69. The van der Waals surface area contributed by atoms with E-state index < -0.39 is 0 Å². The molecule has 2 heterocycles. The minimum atomic E-state index is -0.00846. The van der Waals surface area contributed by atoms with Crippen molar-refractivity contribution in [3.05, 3.63) is 65.0 Å². The molecule has 0 bridgehead atoms. The lowest BCUT2D eigenvalue weighted by Crippen LogP contribution is -2.01. The number of hydrogen-bond acceptors (Lipinski definition) is 2. The van der Waals surface area contributed by atoms with Crippen molar-refractivity contribution in [1.29, 1.82) is 0 Å². The van der Waals surface area contributed by atoms with Gasteiger partial charge in [0, 0.05) is 17.8 Å². The molecule has 0 radical (unpaired) electrons. The van der Waals surface area contributed by atoms with Crippen molar-refractivity contribution in [3.63, 3.8) is 0 Å². The number of hydrogen-bond donors (Lipinski definition) is 1. The summed E-state index contributed by atoms with van der Waals surface area (Å²) >= 11 is 0. The Hall–Kier alpha value is -2.42. The van der Waals surface area contributed by atoms with Crippen LogP contribution < -0.4 is 5.43 Å². The van der Waals surface area contributed by atoms with Crippen LogP contribution in [0.15, 0.2) is 59.5 Å². The van der Waals surface area contributed by atoms with E-state index in [1.165, 1.54) is 6.07 Å². The predicted octanol–water partition coefficient (Wildman–Crippen LogP) is 2.59. The third-order valence-electron chi connectivity index (χ3n) is 2.69. The topological polar surface area (TPSA) is 45.8 Å². The Bertz CT molecular complexity index is 717. The van der Waals surface area contributed by atoms with Crippen LogP contribution in [-0.2, 0) is 0 Å². The van der Waals surface area contributed by atoms with Gasteiger partial charge in [0.2, 0.25) is 0 Å². The summed E-state index contributed by atoms with van der Waals surface area (Å²) in [6, 6.07) is 15.1. The van der Waals surface area contributed by atoms with Crippen molar-refractivity contribution in [2.45, 2.75) is 0 Å². The van der Waals surface area contributed by atoms with Crippen LogP contribution in [0.4, 0.5) is 0 Å². The van der Waals surface area contributed by atoms with E-state index in [4.69, 9.17) is 0 Å². The summed E-state index contributed by atoms with van der Waals surface area (Å²) < 4.78 is 0. The van der Waals surface area contributed by atoms with Gasteiger partial charge in [-0.2, -0.15) is 0 Å². The molecule has 0 aliphatic rings. The quantitative estimate of drug-likeness (QED) is 0.687. The molecule has 0 spiro atoms. The Morgan fingerprint density at radius 1 is 0.941 bits per heavy atom. The molecule has 3 aromatic rings. The van der Waals surface area contributed by atoms with Crippen molar-refractivity contribution in [3.8, 4) is 11.3 Å². The van der Waals surface area contributed by atoms with Crippen LogP contribution in [0.2, 0.25) is 0 Å². The van der Waals surface area contributed by atoms with Crippen LogP contribution in [0.25, 0.3) is 22.3 Å². The van der Waals surface area contributed by atoms with Gasteiger partial charge in [-0.25, -0.2) is 4.98 Å². The lowest BCUT2D eigenvalue weighted by molar-refractivity contribution is 1.28. The zero-order valence-corrected chi connectivity index (χ0v) is 9.05. The summed E-state index contributed by atoms with van der Waals surface area (Å²) in [6.07, 6.45) is 1.62. The van der Waals surface area contributed by atoms with Crippen LogP contribution in [0.1, 0.15) is 0 Å². The fourth-order valence-corrected chi connectivity index (χ4v) is 1.82. The molecule has 1 N–H and O–H groups in total. The van der Waals surface area contributed by atoms with Crippen LogP contribution in [0.3, 0.4) is 0 Å². The SMILES string of the molecule is O=c1cc[nH]c2nc(-c3ccccc3)ccc12. The first-order chi connectivity index (χ1) is 8.34. The summed E-state index contributed by atoms with van der Waals surface area (Å²) in [5.41, 5.74) is 2.52. The van der Waals surface area contributed by atoms with E-state index in [1.807, 2.05) is 42.5 Å². The van der Waals surface area contributed by atoms with Gasteiger partial charge in [-0.3, -0.25) is 4.79 Å². The van der Waals surface area contributed by atoms with Crippen molar-refractivity contribution >= 4 is 11.0 Å². The Labute approximate surface area is 97.8 Å². The fourth-order valence-electron chi connectivity index (χ4n) is 1.82. The highest BCUT2D eigenvalue weighted by atomic mass is 16.1. The first-order valence-electron chi connectivity index (χ1n) is 5.38. The average molecular weight is 222 g/mol. The van der Waals surface area contributed by atoms with E-state index in [9.17, 15) is 4.79 Å². The molecule has 0 saturated carbocycles. The van der Waals surface area contributed by atoms with Gasteiger partial charge in [0.15, 0.2) is 5.43 Å². The number of rotatable bonds is 1. The van der Waals surface area contributed by atoms with Crippen LogP contribution >= 0.6 is 0 Å². The molecule has 2 aromatic heterocycles. The monoisotopic (exact) mass is 222 g/mol. The number of pyridine rings is 2. The molecule has 0 saturated heterocycles. The van der Waals surface area contributed by atoms with E-state index in [2.05, 4.69) is 9.97 Å². The lowest BCUT2D eigenvalue weighted by Gasteiger charge is -2.02. The molecule has 0 aliphatic carbocycles. The molecule has 0 aliphatic heterocycles. The fraction of sp³-hybridized carbons (Fsp3) is 0. The molecule has 0 unspecified atom stereocenters. The maximum atomic E-state index is 11.6. The molecule has 0 amide bonds. The molecule has 3 nitrogen and oxygen atoms in total. The predicted molar refractivity (Wildman–Crippen MR) is 67.8 cm³/mol. The van der Waals surface area contributed by atoms with Gasteiger partial charge < -0.3 is 4.98 Å². The zero-order valence-electron chi connectivity index (χ0n) is 9.05. The Balaban J connectivity index is 2.25. The highest BCUT2D eigenvalue weighted by Crippen LogP contribution is 2.17. The second kappa shape index (κ2) is 3.87. The largest absolute Gasteiger partial charge is 0.346 e. The Morgan fingerprint density at radius 3 is 2.59 bits per heavy atom. The summed E-state index contributed by atoms with van der Waals surface area (Å²) in [7, 11) is 0. The number of aromatic amines is 1. The van der Waals surface area contributed by atoms with Crippen molar-refractivity contribution in [2.75, 3.05) is 0 Å². The molecule has 1 aromatic carbocycles. The minimum Gasteiger partial charge on any atom is -0.346 e. The lowest BCUT2D eigenvalue weighted by atomic mass is 10.1. The molecule has 0 fully saturated rings. The number of benzene rings is 1. The van der Waals surface area contributed by atoms with E-state index >= 15 is 0 Å². The first-order valence-corrected chi connectivity index (χ1v) is 5.38. The number of nitrogens with zero attached hydrogens (tertiary/aromatic N) is 1. The van der Waals surface area contributed by atoms with Gasteiger partial charge in [0.25, 0.3) is 0 Å². The minimum absolute atomic E-state index is 0.00846. The second-order valence-electron chi connectivity index (χ2n) is 3.80. The summed E-state index contributed by atoms with van der Waals surface area (Å²) in [6.45, 7) is 0. The Kier molecular flexibility index (Phi) is 2.22. The highest BCUT2D eigenvalue weighted by Gasteiger charge is 2.02. The van der Waals surface area contributed by atoms with Crippen LogP contribution in [0, 0.1) is 0 Å². The van der Waals surface area contributed by atoms with Gasteiger partial charge >= 0.3 is 0 Å². The standard InChI is InChI=1S/C14H10N2O/c17-13-8-9-15-14-11(13)6-7-12(16-14)10-4-2-1-3-5-10/h1-9H,(H,15,16,17). The van der Waals surface area contributed by atoms with E-state index in [-0.39, 0.29) is 5.43 Å². The number of fused-ring (bicyclic) bond motifs is 1. The molecular weight excluding hydrogens is 212 g/mol. The van der Waals surface area contributed by atoms with Crippen LogP contribution in [-0.4, -0.2) is 9.97 Å². The molecule has 3 rings (SSSR count).